The minimum atomic E-state index is -2.82. The zero-order chi connectivity index (χ0) is 62.4. The zero-order valence-electron chi connectivity index (χ0n) is 48.7. The monoisotopic (exact) mass is 1180 g/mol. The highest BCUT2D eigenvalue weighted by molar-refractivity contribution is 6.09. The molecule has 1 amide bonds. The average Bonchev–Trinajstić information content (AvgIpc) is 1.48. The SMILES string of the molecule is CNC1(O)C(Oc2ccc3c(O)c(NC(=O)c4[nH]cc(C(=O)Cc5c(O)c6ccc(OC7OC(C)(C)C(OC)C(N)(OC(=O)c8ccc(C)[nH]8)C7(N)O)c(C)c6oc5=O)c4C)c(=O)oc3c2C)OC(C)(C)C(C)(OC)C1OC(=O)c1ccc(C)[nH]1. The number of anilines is 1. The number of esters is 2. The maximum absolute atomic E-state index is 13.9. The van der Waals surface area contributed by atoms with E-state index in [2.05, 4.69) is 25.6 Å². The smallest absolute Gasteiger partial charge is 0.364 e. The zero-order valence-corrected chi connectivity index (χ0v) is 48.7. The molecule has 27 nitrogen and oxygen atoms in total. The summed E-state index contributed by atoms with van der Waals surface area (Å²) in [4.78, 5) is 90.2. The summed E-state index contributed by atoms with van der Waals surface area (Å²) in [7, 11) is 4.03. The number of rotatable bonds is 16. The Morgan fingerprint density at radius 2 is 1.26 bits per heavy atom. The molecular formula is C58H67N7O20. The highest BCUT2D eigenvalue weighted by atomic mass is 16.7. The highest BCUT2D eigenvalue weighted by Crippen LogP contribution is 2.48. The lowest BCUT2D eigenvalue weighted by Gasteiger charge is -2.58. The van der Waals surface area contributed by atoms with Gasteiger partial charge in [0.2, 0.25) is 29.8 Å². The van der Waals surface area contributed by atoms with Crippen LogP contribution in [0.2, 0.25) is 0 Å². The first-order valence-corrected chi connectivity index (χ1v) is 26.5. The van der Waals surface area contributed by atoms with Crippen LogP contribution in [-0.4, -0.2) is 139 Å². The van der Waals surface area contributed by atoms with Crippen molar-refractivity contribution < 1.29 is 86.3 Å². The molecule has 5 aromatic heterocycles. The number of H-pyrrole nitrogens is 3. The number of nitrogens with one attached hydrogen (secondary N) is 5. The van der Waals surface area contributed by atoms with Crippen LogP contribution < -0.4 is 42.8 Å². The van der Waals surface area contributed by atoms with Gasteiger partial charge in [-0.05, 0) is 130 Å². The maximum atomic E-state index is 13.9. The number of aromatic nitrogens is 3. The molecule has 2 aromatic carbocycles. The number of ketones is 1. The third kappa shape index (κ3) is 10.1. The molecule has 0 spiro atoms. The topological polar surface area (TPSA) is 407 Å². The van der Waals surface area contributed by atoms with Gasteiger partial charge in [0.25, 0.3) is 5.91 Å². The van der Waals surface area contributed by atoms with Crippen molar-refractivity contribution in [2.24, 2.45) is 11.5 Å². The summed E-state index contributed by atoms with van der Waals surface area (Å²) >= 11 is 0. The van der Waals surface area contributed by atoms with Crippen molar-refractivity contribution in [2.45, 2.75) is 134 Å². The van der Waals surface area contributed by atoms with Gasteiger partial charge < -0.3 is 87.4 Å². The van der Waals surface area contributed by atoms with Crippen molar-refractivity contribution in [3.8, 4) is 23.0 Å². The van der Waals surface area contributed by atoms with Crippen molar-refractivity contribution in [3.05, 3.63) is 132 Å². The van der Waals surface area contributed by atoms with Gasteiger partial charge in [0.1, 0.15) is 57.2 Å². The van der Waals surface area contributed by atoms with Crippen LogP contribution in [0.3, 0.4) is 0 Å². The number of hydrogen-bond acceptors (Lipinski definition) is 23. The number of carbonyl (C=O) groups is 4. The van der Waals surface area contributed by atoms with Gasteiger partial charge in [0, 0.05) is 54.9 Å². The summed E-state index contributed by atoms with van der Waals surface area (Å²) in [6.07, 6.45) is -5.87. The van der Waals surface area contributed by atoms with Gasteiger partial charge >= 0.3 is 23.2 Å². The number of amides is 1. The quantitative estimate of drug-likeness (QED) is 0.0279. The van der Waals surface area contributed by atoms with E-state index in [0.29, 0.717) is 11.4 Å². The van der Waals surface area contributed by atoms with Gasteiger partial charge in [-0.2, -0.15) is 0 Å². The van der Waals surface area contributed by atoms with E-state index in [1.807, 2.05) is 0 Å². The third-order valence-electron chi connectivity index (χ3n) is 16.2. The van der Waals surface area contributed by atoms with Crippen molar-refractivity contribution in [3.63, 3.8) is 0 Å². The number of carbonyl (C=O) groups excluding carboxylic acids is 4. The first kappa shape index (κ1) is 61.2. The number of ether oxygens (including phenoxy) is 8. The molecule has 8 atom stereocenters. The van der Waals surface area contributed by atoms with Crippen LogP contribution in [-0.2, 0) is 34.8 Å². The molecule has 2 aliphatic rings. The molecule has 9 rings (SSSR count). The number of Topliss-reactive ketones (excluding diaryl/α,β-unsaturated/α-hetero) is 1. The molecule has 8 unspecified atom stereocenters. The van der Waals surface area contributed by atoms with Crippen LogP contribution in [0.15, 0.2) is 73.2 Å². The Balaban J connectivity index is 0.919. The second-order valence-electron chi connectivity index (χ2n) is 22.4. The van der Waals surface area contributed by atoms with Crippen LogP contribution in [0.4, 0.5) is 5.69 Å². The second-order valence-corrected chi connectivity index (χ2v) is 22.4. The van der Waals surface area contributed by atoms with Crippen molar-refractivity contribution in [1.82, 2.24) is 20.3 Å². The number of hydrogen-bond donors (Lipinski definition) is 11. The molecule has 2 fully saturated rings. The Morgan fingerprint density at radius 3 is 1.80 bits per heavy atom. The lowest BCUT2D eigenvalue weighted by atomic mass is 9.74. The summed E-state index contributed by atoms with van der Waals surface area (Å²) in [6.45, 7) is 15.8. The Labute approximate surface area is 483 Å². The van der Waals surface area contributed by atoms with Gasteiger partial charge in [0.05, 0.1) is 27.5 Å². The van der Waals surface area contributed by atoms with Crippen molar-refractivity contribution in [1.29, 1.82) is 0 Å². The minimum absolute atomic E-state index is 0.00465. The van der Waals surface area contributed by atoms with Crippen molar-refractivity contribution >= 4 is 51.3 Å². The third-order valence-corrected chi connectivity index (χ3v) is 16.2. The predicted octanol–water partition coefficient (Wildman–Crippen LogP) is 4.26. The van der Waals surface area contributed by atoms with Crippen molar-refractivity contribution in [2.75, 3.05) is 26.6 Å². The Bertz CT molecular complexity index is 3960. The van der Waals surface area contributed by atoms with E-state index in [4.69, 9.17) is 58.2 Å². The van der Waals surface area contributed by atoms with Gasteiger partial charge in [-0.3, -0.25) is 26.4 Å². The molecule has 2 aliphatic heterocycles. The van der Waals surface area contributed by atoms with Gasteiger partial charge in [-0.1, -0.05) is 0 Å². The number of aromatic hydroxyl groups is 2. The molecule has 7 aromatic rings. The van der Waals surface area contributed by atoms with E-state index >= 15 is 0 Å². The van der Waals surface area contributed by atoms with Crippen LogP contribution in [0.5, 0.6) is 23.0 Å². The molecule has 2 saturated heterocycles. The summed E-state index contributed by atoms with van der Waals surface area (Å²) in [5, 5.41) is 52.3. The summed E-state index contributed by atoms with van der Waals surface area (Å²) in [6, 6.07) is 11.7. The Kier molecular flexibility index (Phi) is 15.5. The number of fused-ring (bicyclic) bond motifs is 2. The van der Waals surface area contributed by atoms with Crippen LogP contribution in [0.25, 0.3) is 21.9 Å². The molecular weight excluding hydrogens is 1110 g/mol. The summed E-state index contributed by atoms with van der Waals surface area (Å²) < 4.78 is 59.3. The molecule has 13 N–H and O–H groups in total. The first-order valence-electron chi connectivity index (χ1n) is 26.5. The molecule has 0 aliphatic carbocycles. The van der Waals surface area contributed by atoms with E-state index in [-0.39, 0.29) is 72.8 Å². The second kappa shape index (κ2) is 21.6. The van der Waals surface area contributed by atoms with Gasteiger partial charge in [0.15, 0.2) is 23.3 Å². The highest BCUT2D eigenvalue weighted by Gasteiger charge is 2.70. The number of likely N-dealkylation sites (N-methyl/N-ethyl adjacent to an activating group) is 1. The number of nitrogens with two attached hydrogens (primary N) is 2. The van der Waals surface area contributed by atoms with E-state index in [1.54, 1.807) is 46.8 Å². The lowest BCUT2D eigenvalue weighted by Crippen LogP contribution is -2.85. The summed E-state index contributed by atoms with van der Waals surface area (Å²) in [5.41, 5.74) is -1.06. The number of aryl methyl sites for hydroxylation is 4. The molecule has 0 radical (unpaired) electrons. The van der Waals surface area contributed by atoms with E-state index in [9.17, 15) is 49.2 Å². The number of aromatic amines is 3. The predicted molar refractivity (Wildman–Crippen MR) is 300 cm³/mol. The summed E-state index contributed by atoms with van der Waals surface area (Å²) in [5.74, 6) is -4.90. The minimum Gasteiger partial charge on any atom is -0.507 e. The number of aliphatic hydroxyl groups is 2. The Hall–Kier alpha value is -8.38. The van der Waals surface area contributed by atoms with E-state index in [0.717, 1.165) is 0 Å². The maximum Gasteiger partial charge on any atom is 0.364 e. The number of benzene rings is 2. The molecule has 27 heteroatoms. The molecule has 0 bridgehead atoms. The molecule has 0 saturated carbocycles. The van der Waals surface area contributed by atoms with Crippen LogP contribution >= 0.6 is 0 Å². The van der Waals surface area contributed by atoms with Gasteiger partial charge in [-0.25, -0.2) is 19.2 Å². The molecule has 454 valence electrons. The molecule has 85 heavy (non-hydrogen) atoms. The van der Waals surface area contributed by atoms with E-state index in [1.165, 1.54) is 98.5 Å². The van der Waals surface area contributed by atoms with Crippen LogP contribution in [0, 0.1) is 34.6 Å². The average molecular weight is 1180 g/mol. The fraction of sp³-hybridized carbons (Fsp3) is 0.414. The first-order chi connectivity index (χ1) is 39.7. The van der Waals surface area contributed by atoms with Gasteiger partial charge in [-0.15, -0.1) is 0 Å². The van der Waals surface area contributed by atoms with E-state index < -0.39 is 123 Å². The standard InChI is InChI=1S/C58H67N7O20/c1-24-14-18-33(63-24)46(71)82-50-55(10,77-13)54(8,9)85-51(56(50,74)61-11)78-36-21-17-30-41(68)39(48(73)81-43(30)27(36)4)65-44(69)38-26(3)32(23-62-38)35(66)22-31-40(67)29-16-20-37(28(5)42(29)80-45(31)70)79-52-57(59,75)58(60,49(76-12)53(6,7)84-52)83-47(72)34-19-15-25(2)64-34/h14-21,23,49-52,61-64,67-68,74-75H,22,59-60H2,1-13H3,(H,65,69). The Morgan fingerprint density at radius 1 is 0.706 bits per heavy atom. The fourth-order valence-corrected chi connectivity index (χ4v) is 10.9. The largest absolute Gasteiger partial charge is 0.507 e. The molecule has 7 heterocycles. The lowest BCUT2D eigenvalue weighted by molar-refractivity contribution is -0.378. The van der Waals surface area contributed by atoms with Crippen LogP contribution in [0.1, 0.15) is 110 Å². The normalized spacial score (nSPS) is 25.4. The fourth-order valence-electron chi connectivity index (χ4n) is 10.9. The number of methoxy groups -OCH3 is 2.